The van der Waals surface area contributed by atoms with Crippen LogP contribution < -0.4 is 4.90 Å². The van der Waals surface area contributed by atoms with Gasteiger partial charge in [0, 0.05) is 20.2 Å². The summed E-state index contributed by atoms with van der Waals surface area (Å²) in [6.45, 7) is 4.44. The Labute approximate surface area is 117 Å². The lowest BCUT2D eigenvalue weighted by Gasteiger charge is -2.18. The highest BCUT2D eigenvalue weighted by Crippen LogP contribution is 2.29. The largest absolute Gasteiger partial charge is 0.477 e. The van der Waals surface area contributed by atoms with Gasteiger partial charge in [-0.05, 0) is 25.2 Å². The molecule has 0 aliphatic carbocycles. The van der Waals surface area contributed by atoms with E-state index in [0.29, 0.717) is 10.6 Å². The van der Waals surface area contributed by atoms with E-state index >= 15 is 0 Å². The zero-order valence-corrected chi connectivity index (χ0v) is 12.2. The molecule has 5 nitrogen and oxygen atoms in total. The van der Waals surface area contributed by atoms with Gasteiger partial charge >= 0.3 is 5.97 Å². The summed E-state index contributed by atoms with van der Waals surface area (Å²) in [6.07, 6.45) is 3.52. The van der Waals surface area contributed by atoms with E-state index in [2.05, 4.69) is 16.8 Å². The van der Waals surface area contributed by atoms with Crippen molar-refractivity contribution >= 4 is 22.4 Å². The molecule has 1 saturated heterocycles. The van der Waals surface area contributed by atoms with Gasteiger partial charge in [-0.1, -0.05) is 18.3 Å². The molecule has 6 heteroatoms. The van der Waals surface area contributed by atoms with Crippen molar-refractivity contribution in [1.82, 2.24) is 4.98 Å². The molecule has 0 bridgehead atoms. The summed E-state index contributed by atoms with van der Waals surface area (Å²) in [4.78, 5) is 18.2. The first-order chi connectivity index (χ1) is 9.11. The molecule has 1 aromatic heterocycles. The number of rotatable bonds is 4. The summed E-state index contributed by atoms with van der Waals surface area (Å²) in [7, 11) is 1.55. The van der Waals surface area contributed by atoms with Crippen LogP contribution in [0.2, 0.25) is 0 Å². The molecular weight excluding hydrogens is 264 g/mol. The summed E-state index contributed by atoms with van der Waals surface area (Å²) >= 11 is 1.26. The Hall–Kier alpha value is -1.14. The van der Waals surface area contributed by atoms with E-state index in [9.17, 15) is 9.90 Å². The molecule has 0 saturated carbocycles. The Balaban J connectivity index is 2.19. The van der Waals surface area contributed by atoms with Crippen LogP contribution in [0.3, 0.4) is 0 Å². The molecule has 0 spiro atoms. The smallest absolute Gasteiger partial charge is 0.347 e. The van der Waals surface area contributed by atoms with Crippen LogP contribution >= 0.6 is 11.3 Å². The Morgan fingerprint density at radius 1 is 1.53 bits per heavy atom. The molecule has 1 aromatic rings. The second-order valence-corrected chi connectivity index (χ2v) is 6.01. The van der Waals surface area contributed by atoms with E-state index < -0.39 is 5.97 Å². The number of carboxylic acids is 1. The minimum Gasteiger partial charge on any atom is -0.477 e. The molecule has 1 aliphatic heterocycles. The average Bonchev–Trinajstić information content (AvgIpc) is 2.66. The lowest BCUT2D eigenvalue weighted by Crippen LogP contribution is -2.23. The van der Waals surface area contributed by atoms with Gasteiger partial charge in [0.2, 0.25) is 0 Å². The SMILES string of the molecule is COCc1nc(N2CCCC(C)CC2)sc1C(=O)O. The molecule has 0 radical (unpaired) electrons. The van der Waals surface area contributed by atoms with Gasteiger partial charge in [-0.2, -0.15) is 0 Å². The first-order valence-corrected chi connectivity index (χ1v) is 7.40. The highest BCUT2D eigenvalue weighted by atomic mass is 32.1. The molecule has 1 atom stereocenters. The summed E-state index contributed by atoms with van der Waals surface area (Å²) in [5, 5.41) is 10.0. The first-order valence-electron chi connectivity index (χ1n) is 6.58. The number of carboxylic acid groups (broad SMARTS) is 1. The maximum atomic E-state index is 11.2. The predicted octanol–water partition coefficient (Wildman–Crippen LogP) is 2.61. The van der Waals surface area contributed by atoms with Crippen molar-refractivity contribution < 1.29 is 14.6 Å². The van der Waals surface area contributed by atoms with E-state index in [1.807, 2.05) is 0 Å². The normalized spacial score (nSPS) is 20.3. The summed E-state index contributed by atoms with van der Waals surface area (Å²) in [5.41, 5.74) is 0.535. The van der Waals surface area contributed by atoms with Crippen molar-refractivity contribution in [2.45, 2.75) is 32.8 Å². The zero-order chi connectivity index (χ0) is 13.8. The van der Waals surface area contributed by atoms with Gasteiger partial charge in [0.15, 0.2) is 5.13 Å². The molecule has 1 unspecified atom stereocenters. The Morgan fingerprint density at radius 2 is 2.32 bits per heavy atom. The number of carbonyl (C=O) groups is 1. The zero-order valence-electron chi connectivity index (χ0n) is 11.4. The summed E-state index contributed by atoms with van der Waals surface area (Å²) < 4.78 is 5.02. The average molecular weight is 284 g/mol. The minimum absolute atomic E-state index is 0.252. The maximum Gasteiger partial charge on any atom is 0.347 e. The Morgan fingerprint density at radius 3 is 3.00 bits per heavy atom. The standard InChI is InChI=1S/C13H20N2O3S/c1-9-4-3-6-15(7-5-9)13-14-10(8-18-2)11(19-13)12(16)17/h9H,3-8H2,1-2H3,(H,16,17). The molecule has 1 N–H and O–H groups in total. The third-order valence-corrected chi connectivity index (χ3v) is 4.60. The summed E-state index contributed by atoms with van der Waals surface area (Å²) in [5.74, 6) is -0.179. The van der Waals surface area contributed by atoms with Gasteiger partial charge in [-0.3, -0.25) is 0 Å². The van der Waals surface area contributed by atoms with Crippen molar-refractivity contribution in [1.29, 1.82) is 0 Å². The van der Waals surface area contributed by atoms with E-state index in [4.69, 9.17) is 4.74 Å². The number of aromatic nitrogens is 1. The lowest BCUT2D eigenvalue weighted by atomic mass is 10.0. The van der Waals surface area contributed by atoms with E-state index in [0.717, 1.165) is 37.0 Å². The topological polar surface area (TPSA) is 62.7 Å². The highest BCUT2D eigenvalue weighted by molar-refractivity contribution is 7.17. The van der Waals surface area contributed by atoms with Crippen LogP contribution in [0.25, 0.3) is 0 Å². The molecule has 19 heavy (non-hydrogen) atoms. The number of ether oxygens (including phenoxy) is 1. The monoisotopic (exact) mass is 284 g/mol. The Kier molecular flexibility index (Phi) is 4.76. The molecule has 2 rings (SSSR count). The van der Waals surface area contributed by atoms with Crippen LogP contribution in [-0.4, -0.2) is 36.3 Å². The molecule has 106 valence electrons. The lowest BCUT2D eigenvalue weighted by molar-refractivity contribution is 0.0697. The van der Waals surface area contributed by atoms with Crippen LogP contribution in [0.4, 0.5) is 5.13 Å². The molecule has 1 aliphatic rings. The second-order valence-electron chi connectivity index (χ2n) is 5.03. The van der Waals surface area contributed by atoms with Gasteiger partial charge < -0.3 is 14.7 Å². The highest BCUT2D eigenvalue weighted by Gasteiger charge is 2.22. The van der Waals surface area contributed by atoms with Crippen LogP contribution in [0.1, 0.15) is 41.6 Å². The number of aromatic carboxylic acids is 1. The fourth-order valence-electron chi connectivity index (χ4n) is 2.33. The van der Waals surface area contributed by atoms with Crippen molar-refractivity contribution in [2.24, 2.45) is 5.92 Å². The maximum absolute atomic E-state index is 11.2. The number of anilines is 1. The number of hydrogen-bond acceptors (Lipinski definition) is 5. The third kappa shape index (κ3) is 3.45. The summed E-state index contributed by atoms with van der Waals surface area (Å²) in [6, 6.07) is 0. The molecule has 2 heterocycles. The number of thiazole rings is 1. The van der Waals surface area contributed by atoms with Crippen molar-refractivity contribution in [3.8, 4) is 0 Å². The molecular formula is C13H20N2O3S. The van der Waals surface area contributed by atoms with Gasteiger partial charge in [0.1, 0.15) is 4.88 Å². The van der Waals surface area contributed by atoms with Gasteiger partial charge in [0.05, 0.1) is 12.3 Å². The van der Waals surface area contributed by atoms with Gasteiger partial charge in [0.25, 0.3) is 0 Å². The van der Waals surface area contributed by atoms with Crippen LogP contribution in [0.15, 0.2) is 0 Å². The van der Waals surface area contributed by atoms with Gasteiger partial charge in [-0.15, -0.1) is 0 Å². The van der Waals surface area contributed by atoms with E-state index in [1.54, 1.807) is 7.11 Å². The molecule has 0 aromatic carbocycles. The second kappa shape index (κ2) is 6.34. The third-order valence-electron chi connectivity index (χ3n) is 3.45. The predicted molar refractivity (Wildman–Crippen MR) is 75.0 cm³/mol. The van der Waals surface area contributed by atoms with E-state index in [-0.39, 0.29) is 6.61 Å². The van der Waals surface area contributed by atoms with Gasteiger partial charge in [-0.25, -0.2) is 9.78 Å². The molecule has 0 amide bonds. The fourth-order valence-corrected chi connectivity index (χ4v) is 3.29. The molecule has 1 fully saturated rings. The van der Waals surface area contributed by atoms with Crippen LogP contribution in [0, 0.1) is 5.92 Å². The van der Waals surface area contributed by atoms with Crippen LogP contribution in [-0.2, 0) is 11.3 Å². The van der Waals surface area contributed by atoms with Crippen molar-refractivity contribution in [3.63, 3.8) is 0 Å². The Bertz CT molecular complexity index is 447. The fraction of sp³-hybridized carbons (Fsp3) is 0.692. The number of methoxy groups -OCH3 is 1. The number of hydrogen-bond donors (Lipinski definition) is 1. The quantitative estimate of drug-likeness (QED) is 0.921. The van der Waals surface area contributed by atoms with Crippen molar-refractivity contribution in [2.75, 3.05) is 25.1 Å². The van der Waals surface area contributed by atoms with E-state index in [1.165, 1.54) is 17.8 Å². The van der Waals surface area contributed by atoms with Crippen molar-refractivity contribution in [3.05, 3.63) is 10.6 Å². The minimum atomic E-state index is -0.918. The number of nitrogens with zero attached hydrogens (tertiary/aromatic N) is 2. The van der Waals surface area contributed by atoms with Crippen LogP contribution in [0.5, 0.6) is 0 Å². The first kappa shape index (κ1) is 14.3.